The van der Waals surface area contributed by atoms with Gasteiger partial charge in [-0.15, -0.1) is 11.3 Å². The fourth-order valence-corrected chi connectivity index (χ4v) is 3.37. The highest BCUT2D eigenvalue weighted by Gasteiger charge is 2.11. The Morgan fingerprint density at radius 3 is 3.25 bits per heavy atom. The molecule has 1 aliphatic rings. The van der Waals surface area contributed by atoms with Gasteiger partial charge in [0.2, 0.25) is 0 Å². The number of hydrogen-bond acceptors (Lipinski definition) is 5. The maximum Gasteiger partial charge on any atom is 0.0794 e. The molecule has 1 unspecified atom stereocenters. The molecule has 0 aliphatic carbocycles. The molecule has 1 saturated heterocycles. The Kier molecular flexibility index (Phi) is 5.62. The summed E-state index contributed by atoms with van der Waals surface area (Å²) in [6.45, 7) is 3.33. The van der Waals surface area contributed by atoms with E-state index in [-0.39, 0.29) is 0 Å². The third kappa shape index (κ3) is 4.41. The average Bonchev–Trinajstić information content (AvgIpc) is 2.83. The molecule has 0 spiro atoms. The van der Waals surface area contributed by atoms with Gasteiger partial charge >= 0.3 is 0 Å². The van der Waals surface area contributed by atoms with E-state index in [0.717, 1.165) is 19.5 Å². The third-order valence-electron chi connectivity index (χ3n) is 2.71. The fraction of sp³-hybridized carbons (Fsp3) is 0.727. The standard InChI is InChI=1S/C11H19N3S2/c1(10-7-15-6-5-13-10)3-12-4-2-11-8-16-9-14-11/h8-10,12-13H,1-7H2. The van der Waals surface area contributed by atoms with Crippen LogP contribution in [0.3, 0.4) is 0 Å². The Bertz CT molecular complexity index is 271. The first-order valence-electron chi connectivity index (χ1n) is 5.84. The molecule has 1 aromatic rings. The largest absolute Gasteiger partial charge is 0.316 e. The fourth-order valence-electron chi connectivity index (χ4n) is 1.78. The Balaban J connectivity index is 1.48. The van der Waals surface area contributed by atoms with Gasteiger partial charge in [-0.3, -0.25) is 0 Å². The molecule has 3 nitrogen and oxygen atoms in total. The van der Waals surface area contributed by atoms with Crippen molar-refractivity contribution in [1.82, 2.24) is 15.6 Å². The van der Waals surface area contributed by atoms with Crippen molar-refractivity contribution in [3.63, 3.8) is 0 Å². The van der Waals surface area contributed by atoms with Crippen molar-refractivity contribution in [3.8, 4) is 0 Å². The second kappa shape index (κ2) is 7.27. The predicted octanol–water partition coefficient (Wildman–Crippen LogP) is 1.37. The highest BCUT2D eigenvalue weighted by atomic mass is 32.2. The Morgan fingerprint density at radius 2 is 2.50 bits per heavy atom. The second-order valence-electron chi connectivity index (χ2n) is 3.99. The van der Waals surface area contributed by atoms with Gasteiger partial charge in [0, 0.05) is 42.4 Å². The number of aromatic nitrogens is 1. The minimum absolute atomic E-state index is 0.713. The molecule has 0 aromatic carbocycles. The molecule has 0 bridgehead atoms. The van der Waals surface area contributed by atoms with E-state index in [1.54, 1.807) is 11.3 Å². The second-order valence-corrected chi connectivity index (χ2v) is 5.86. The number of nitrogens with one attached hydrogen (secondary N) is 2. The maximum absolute atomic E-state index is 4.27. The number of thioether (sulfide) groups is 1. The molecule has 1 atom stereocenters. The summed E-state index contributed by atoms with van der Waals surface area (Å²) in [5.74, 6) is 2.54. The zero-order valence-electron chi connectivity index (χ0n) is 9.45. The van der Waals surface area contributed by atoms with E-state index in [2.05, 4.69) is 32.8 Å². The smallest absolute Gasteiger partial charge is 0.0794 e. The molecule has 1 aliphatic heterocycles. The van der Waals surface area contributed by atoms with Crippen molar-refractivity contribution in [1.29, 1.82) is 0 Å². The van der Waals surface area contributed by atoms with Gasteiger partial charge in [-0.25, -0.2) is 4.98 Å². The van der Waals surface area contributed by atoms with Crippen LogP contribution in [0.4, 0.5) is 0 Å². The molecular weight excluding hydrogens is 238 g/mol. The number of rotatable bonds is 6. The number of nitrogens with zero attached hydrogens (tertiary/aromatic N) is 1. The summed E-state index contributed by atoms with van der Waals surface area (Å²) in [5, 5.41) is 9.16. The van der Waals surface area contributed by atoms with Gasteiger partial charge in [-0.2, -0.15) is 11.8 Å². The predicted molar refractivity (Wildman–Crippen MR) is 72.4 cm³/mol. The number of hydrogen-bond donors (Lipinski definition) is 2. The van der Waals surface area contributed by atoms with Gasteiger partial charge < -0.3 is 10.6 Å². The van der Waals surface area contributed by atoms with Crippen LogP contribution in [0, 0.1) is 0 Å². The van der Waals surface area contributed by atoms with Crippen LogP contribution in [-0.4, -0.2) is 42.2 Å². The van der Waals surface area contributed by atoms with Gasteiger partial charge in [0.05, 0.1) is 11.2 Å². The first kappa shape index (κ1) is 12.4. The van der Waals surface area contributed by atoms with Crippen molar-refractivity contribution >= 4 is 23.1 Å². The van der Waals surface area contributed by atoms with E-state index in [4.69, 9.17) is 0 Å². The van der Waals surface area contributed by atoms with E-state index in [9.17, 15) is 0 Å². The maximum atomic E-state index is 4.27. The lowest BCUT2D eigenvalue weighted by Crippen LogP contribution is -2.39. The average molecular weight is 257 g/mol. The summed E-state index contributed by atoms with van der Waals surface area (Å²) in [5.41, 5.74) is 3.11. The van der Waals surface area contributed by atoms with Crippen LogP contribution in [0.2, 0.25) is 0 Å². The van der Waals surface area contributed by atoms with Crippen molar-refractivity contribution in [2.75, 3.05) is 31.1 Å². The molecule has 0 radical (unpaired) electrons. The summed E-state index contributed by atoms with van der Waals surface area (Å²) in [4.78, 5) is 4.27. The summed E-state index contributed by atoms with van der Waals surface area (Å²) in [6.07, 6.45) is 2.29. The first-order chi connectivity index (χ1) is 7.95. The number of thiazole rings is 1. The highest BCUT2D eigenvalue weighted by Crippen LogP contribution is 2.09. The van der Waals surface area contributed by atoms with Gasteiger partial charge in [0.15, 0.2) is 0 Å². The molecule has 16 heavy (non-hydrogen) atoms. The molecular formula is C11H19N3S2. The Labute approximate surface area is 105 Å². The van der Waals surface area contributed by atoms with E-state index in [1.807, 2.05) is 5.51 Å². The molecule has 0 saturated carbocycles. The summed E-state index contributed by atoms with van der Waals surface area (Å²) < 4.78 is 0. The van der Waals surface area contributed by atoms with Crippen LogP contribution in [0.1, 0.15) is 12.1 Å². The van der Waals surface area contributed by atoms with E-state index < -0.39 is 0 Å². The van der Waals surface area contributed by atoms with Crippen LogP contribution in [0.25, 0.3) is 0 Å². The van der Waals surface area contributed by atoms with Gasteiger partial charge in [0.25, 0.3) is 0 Å². The monoisotopic (exact) mass is 257 g/mol. The summed E-state index contributed by atoms with van der Waals surface area (Å²) in [6, 6.07) is 0.713. The SMILES string of the molecule is c1nc(CCNCCC2CSCCN2)cs1. The lowest BCUT2D eigenvalue weighted by atomic mass is 10.2. The lowest BCUT2D eigenvalue weighted by molar-refractivity contribution is 0.504. The van der Waals surface area contributed by atoms with Crippen LogP contribution in [-0.2, 0) is 6.42 Å². The zero-order chi connectivity index (χ0) is 11.1. The first-order valence-corrected chi connectivity index (χ1v) is 7.94. The summed E-state index contributed by atoms with van der Waals surface area (Å²) >= 11 is 3.74. The molecule has 2 rings (SSSR count). The van der Waals surface area contributed by atoms with Crippen LogP contribution in [0.15, 0.2) is 10.9 Å². The third-order valence-corrected chi connectivity index (χ3v) is 4.48. The molecule has 0 amide bonds. The van der Waals surface area contributed by atoms with E-state index in [1.165, 1.54) is 30.2 Å². The minimum Gasteiger partial charge on any atom is -0.316 e. The normalized spacial score (nSPS) is 21.1. The van der Waals surface area contributed by atoms with Crippen LogP contribution in [0.5, 0.6) is 0 Å². The lowest BCUT2D eigenvalue weighted by Gasteiger charge is -2.23. The Hall–Kier alpha value is -0.100. The van der Waals surface area contributed by atoms with Crippen LogP contribution >= 0.6 is 23.1 Å². The molecule has 2 N–H and O–H groups in total. The van der Waals surface area contributed by atoms with E-state index in [0.29, 0.717) is 6.04 Å². The summed E-state index contributed by atoms with van der Waals surface area (Å²) in [7, 11) is 0. The highest BCUT2D eigenvalue weighted by molar-refractivity contribution is 7.99. The molecule has 1 fully saturated rings. The molecule has 90 valence electrons. The van der Waals surface area contributed by atoms with Gasteiger partial charge in [-0.1, -0.05) is 0 Å². The van der Waals surface area contributed by atoms with Crippen LogP contribution < -0.4 is 10.6 Å². The molecule has 1 aromatic heterocycles. The van der Waals surface area contributed by atoms with Gasteiger partial charge in [-0.05, 0) is 13.0 Å². The molecule has 2 heterocycles. The van der Waals surface area contributed by atoms with Crippen molar-refractivity contribution in [2.24, 2.45) is 0 Å². The van der Waals surface area contributed by atoms with Crippen molar-refractivity contribution < 1.29 is 0 Å². The molecule has 5 heteroatoms. The van der Waals surface area contributed by atoms with E-state index >= 15 is 0 Å². The van der Waals surface area contributed by atoms with Crippen molar-refractivity contribution in [2.45, 2.75) is 18.9 Å². The topological polar surface area (TPSA) is 37.0 Å². The van der Waals surface area contributed by atoms with Gasteiger partial charge in [0.1, 0.15) is 0 Å². The van der Waals surface area contributed by atoms with Crippen molar-refractivity contribution in [3.05, 3.63) is 16.6 Å². The Morgan fingerprint density at radius 1 is 1.50 bits per heavy atom. The minimum atomic E-state index is 0.713. The zero-order valence-corrected chi connectivity index (χ0v) is 11.1. The quantitative estimate of drug-likeness (QED) is 0.755.